The van der Waals surface area contributed by atoms with E-state index in [1.54, 1.807) is 6.07 Å². The fraction of sp³-hybridized carbons (Fsp3) is 0.200. The van der Waals surface area contributed by atoms with Gasteiger partial charge in [0.05, 0.1) is 0 Å². The quantitative estimate of drug-likeness (QED) is 0.537. The summed E-state index contributed by atoms with van der Waals surface area (Å²) in [7, 11) is 0. The second-order valence-electron chi connectivity index (χ2n) is 3.30. The summed E-state index contributed by atoms with van der Waals surface area (Å²) in [6, 6.07) is 3.20. The van der Waals surface area contributed by atoms with Crippen molar-refractivity contribution < 1.29 is 14.7 Å². The third kappa shape index (κ3) is 2.95. The second kappa shape index (κ2) is 4.96. The van der Waals surface area contributed by atoms with Crippen LogP contribution in [0.2, 0.25) is 5.02 Å². The van der Waals surface area contributed by atoms with E-state index in [0.29, 0.717) is 5.02 Å². The highest BCUT2D eigenvalue weighted by atomic mass is 35.5. The smallest absolute Gasteiger partial charge is 0.320 e. The lowest BCUT2D eigenvalue weighted by Gasteiger charge is -2.07. The summed E-state index contributed by atoms with van der Waals surface area (Å²) in [6.07, 6.45) is -0.306. The molecule has 5 nitrogen and oxygen atoms in total. The standard InChI is InChI=1S/C10H11ClN2O3/c11-5-1-2-7(12)6(3-5)9(14)4-8(13)10(15)16/h1-3,8H,4,12-13H2,(H,15,16)/t8-/m0/s1. The molecule has 86 valence electrons. The molecule has 0 amide bonds. The van der Waals surface area contributed by atoms with Crippen molar-refractivity contribution in [2.24, 2.45) is 5.73 Å². The monoisotopic (exact) mass is 242 g/mol. The minimum atomic E-state index is -1.23. The highest BCUT2D eigenvalue weighted by Gasteiger charge is 2.19. The van der Waals surface area contributed by atoms with E-state index in [1.807, 2.05) is 0 Å². The molecule has 1 aromatic carbocycles. The number of carboxylic acids is 1. The molecule has 0 unspecified atom stereocenters. The minimum absolute atomic E-state index is 0.198. The van der Waals surface area contributed by atoms with Crippen LogP contribution in [0.4, 0.5) is 5.69 Å². The molecule has 0 aliphatic rings. The van der Waals surface area contributed by atoms with Gasteiger partial charge >= 0.3 is 5.97 Å². The second-order valence-corrected chi connectivity index (χ2v) is 3.74. The highest BCUT2D eigenvalue weighted by molar-refractivity contribution is 6.31. The Kier molecular flexibility index (Phi) is 3.87. The van der Waals surface area contributed by atoms with E-state index in [4.69, 9.17) is 28.2 Å². The van der Waals surface area contributed by atoms with Gasteiger partial charge in [-0.05, 0) is 18.2 Å². The van der Waals surface area contributed by atoms with E-state index in [-0.39, 0.29) is 17.7 Å². The van der Waals surface area contributed by atoms with Gasteiger partial charge in [-0.1, -0.05) is 11.6 Å². The molecule has 1 rings (SSSR count). The Hall–Kier alpha value is -1.59. The van der Waals surface area contributed by atoms with Gasteiger partial charge in [0.15, 0.2) is 5.78 Å². The molecule has 1 aromatic rings. The molecular weight excluding hydrogens is 232 g/mol. The third-order valence-electron chi connectivity index (χ3n) is 2.04. The molecular formula is C10H11ClN2O3. The van der Waals surface area contributed by atoms with E-state index in [9.17, 15) is 9.59 Å². The number of carbonyl (C=O) groups is 2. The van der Waals surface area contributed by atoms with Crippen LogP contribution in [0.1, 0.15) is 16.8 Å². The van der Waals surface area contributed by atoms with Crippen LogP contribution in [-0.2, 0) is 4.79 Å². The summed E-state index contributed by atoms with van der Waals surface area (Å²) in [6.45, 7) is 0. The van der Waals surface area contributed by atoms with Crippen LogP contribution in [0.15, 0.2) is 18.2 Å². The summed E-state index contributed by atoms with van der Waals surface area (Å²) < 4.78 is 0. The van der Waals surface area contributed by atoms with Crippen LogP contribution < -0.4 is 11.5 Å². The van der Waals surface area contributed by atoms with Gasteiger partial charge in [0.25, 0.3) is 0 Å². The molecule has 0 aliphatic carbocycles. The van der Waals surface area contributed by atoms with Crippen LogP contribution in [0.25, 0.3) is 0 Å². The van der Waals surface area contributed by atoms with Crippen molar-refractivity contribution in [3.63, 3.8) is 0 Å². The zero-order valence-corrected chi connectivity index (χ0v) is 9.07. The Morgan fingerprint density at radius 3 is 2.62 bits per heavy atom. The first-order valence-corrected chi connectivity index (χ1v) is 4.86. The lowest BCUT2D eigenvalue weighted by atomic mass is 10.0. The molecule has 0 fully saturated rings. The Bertz CT molecular complexity index is 434. The third-order valence-corrected chi connectivity index (χ3v) is 2.27. The topological polar surface area (TPSA) is 106 Å². The maximum Gasteiger partial charge on any atom is 0.320 e. The lowest BCUT2D eigenvalue weighted by Crippen LogP contribution is -2.32. The Balaban J connectivity index is 2.88. The van der Waals surface area contributed by atoms with Gasteiger partial charge in [-0.25, -0.2) is 0 Å². The predicted octanol–water partition coefficient (Wildman–Crippen LogP) is 0.907. The number of rotatable bonds is 4. The molecule has 6 heteroatoms. The lowest BCUT2D eigenvalue weighted by molar-refractivity contribution is -0.138. The molecule has 0 radical (unpaired) electrons. The van der Waals surface area contributed by atoms with Gasteiger partial charge in [-0.2, -0.15) is 0 Å². The first kappa shape index (κ1) is 12.5. The first-order chi connectivity index (χ1) is 7.41. The predicted molar refractivity (Wildman–Crippen MR) is 60.4 cm³/mol. The van der Waals surface area contributed by atoms with Crippen LogP contribution in [-0.4, -0.2) is 22.9 Å². The SMILES string of the molecule is Nc1ccc(Cl)cc1C(=O)C[C@H](N)C(=O)O. The molecule has 16 heavy (non-hydrogen) atoms. The minimum Gasteiger partial charge on any atom is -0.480 e. The zero-order valence-electron chi connectivity index (χ0n) is 8.31. The van der Waals surface area contributed by atoms with Gasteiger partial charge in [-0.15, -0.1) is 0 Å². The van der Waals surface area contributed by atoms with E-state index in [1.165, 1.54) is 12.1 Å². The van der Waals surface area contributed by atoms with Crippen molar-refractivity contribution in [3.8, 4) is 0 Å². The van der Waals surface area contributed by atoms with Gasteiger partial charge in [0.2, 0.25) is 0 Å². The van der Waals surface area contributed by atoms with Crippen molar-refractivity contribution in [1.82, 2.24) is 0 Å². The van der Waals surface area contributed by atoms with Gasteiger partial charge in [-0.3, -0.25) is 9.59 Å². The number of nitrogen functional groups attached to an aromatic ring is 1. The number of nitrogens with two attached hydrogens (primary N) is 2. The van der Waals surface area contributed by atoms with E-state index < -0.39 is 17.8 Å². The van der Waals surface area contributed by atoms with Crippen LogP contribution >= 0.6 is 11.6 Å². The summed E-state index contributed by atoms with van der Waals surface area (Å²) in [5.41, 5.74) is 11.3. The number of aliphatic carboxylic acids is 1. The first-order valence-electron chi connectivity index (χ1n) is 4.48. The Morgan fingerprint density at radius 1 is 1.44 bits per heavy atom. The Labute approximate surface area is 97.0 Å². The maximum atomic E-state index is 11.7. The molecule has 0 aliphatic heterocycles. The molecule has 0 spiro atoms. The van der Waals surface area contributed by atoms with Crippen molar-refractivity contribution in [1.29, 1.82) is 0 Å². The number of benzene rings is 1. The van der Waals surface area contributed by atoms with Crippen LogP contribution in [0.3, 0.4) is 0 Å². The molecule has 5 N–H and O–H groups in total. The highest BCUT2D eigenvalue weighted by Crippen LogP contribution is 2.19. The van der Waals surface area contributed by atoms with Crippen LogP contribution in [0, 0.1) is 0 Å². The molecule has 0 heterocycles. The molecule has 1 atom stereocenters. The van der Waals surface area contributed by atoms with Gasteiger partial charge in [0, 0.05) is 22.7 Å². The number of hydrogen-bond donors (Lipinski definition) is 3. The van der Waals surface area contributed by atoms with Crippen molar-refractivity contribution >= 4 is 29.0 Å². The Morgan fingerprint density at radius 2 is 2.06 bits per heavy atom. The van der Waals surface area contributed by atoms with E-state index in [0.717, 1.165) is 0 Å². The fourth-order valence-electron chi connectivity index (χ4n) is 1.17. The van der Waals surface area contributed by atoms with Gasteiger partial charge in [0.1, 0.15) is 6.04 Å². The fourth-order valence-corrected chi connectivity index (χ4v) is 1.34. The number of hydrogen-bond acceptors (Lipinski definition) is 4. The van der Waals surface area contributed by atoms with E-state index in [2.05, 4.69) is 0 Å². The number of carboxylic acid groups (broad SMARTS) is 1. The van der Waals surface area contributed by atoms with Crippen LogP contribution in [0.5, 0.6) is 0 Å². The zero-order chi connectivity index (χ0) is 12.3. The largest absolute Gasteiger partial charge is 0.480 e. The number of halogens is 1. The molecule has 0 bridgehead atoms. The number of ketones is 1. The van der Waals surface area contributed by atoms with Crippen molar-refractivity contribution in [2.45, 2.75) is 12.5 Å². The normalized spacial score (nSPS) is 12.1. The number of anilines is 1. The summed E-state index contributed by atoms with van der Waals surface area (Å²) in [5.74, 6) is -1.66. The summed E-state index contributed by atoms with van der Waals surface area (Å²) in [4.78, 5) is 22.1. The van der Waals surface area contributed by atoms with Crippen molar-refractivity contribution in [2.75, 3.05) is 5.73 Å². The maximum absolute atomic E-state index is 11.7. The molecule has 0 saturated carbocycles. The molecule has 0 aromatic heterocycles. The average molecular weight is 243 g/mol. The van der Waals surface area contributed by atoms with E-state index >= 15 is 0 Å². The summed E-state index contributed by atoms with van der Waals surface area (Å²) >= 11 is 5.70. The van der Waals surface area contributed by atoms with Crippen molar-refractivity contribution in [3.05, 3.63) is 28.8 Å². The number of Topliss-reactive ketones (excluding diaryl/α,β-unsaturated/α-hetero) is 1. The van der Waals surface area contributed by atoms with Gasteiger partial charge < -0.3 is 16.6 Å². The number of carbonyl (C=O) groups excluding carboxylic acids is 1. The average Bonchev–Trinajstić information content (AvgIpc) is 2.21. The molecule has 0 saturated heterocycles. The summed E-state index contributed by atoms with van der Waals surface area (Å²) in [5, 5.41) is 8.93.